The molecule has 7 nitrogen and oxygen atoms in total. The summed E-state index contributed by atoms with van der Waals surface area (Å²) in [5.74, 6) is -0.317. The zero-order valence-corrected chi connectivity index (χ0v) is 14.1. The molecule has 0 heterocycles. The second-order valence-electron chi connectivity index (χ2n) is 5.40. The normalized spacial score (nSPS) is 11.1. The number of anilines is 1. The topological polar surface area (TPSA) is 90.7 Å². The molecule has 144 valence electrons. The first kappa shape index (κ1) is 20.2. The lowest BCUT2D eigenvalue weighted by atomic mass is 10.1. The number of rotatable bonds is 7. The summed E-state index contributed by atoms with van der Waals surface area (Å²) in [4.78, 5) is 22.6. The first-order chi connectivity index (χ1) is 12.7. The maximum atomic E-state index is 12.3. The van der Waals surface area contributed by atoms with E-state index in [9.17, 15) is 28.1 Å². The van der Waals surface area contributed by atoms with Crippen molar-refractivity contribution in [2.45, 2.75) is 12.8 Å². The maximum Gasteiger partial charge on any atom is 0.411 e. The van der Waals surface area contributed by atoms with Gasteiger partial charge in [0.25, 0.3) is 11.6 Å². The smallest absolute Gasteiger partial charge is 0.411 e. The third kappa shape index (κ3) is 5.96. The average molecular weight is 384 g/mol. The Balaban J connectivity index is 2.06. The largest absolute Gasteiger partial charge is 0.495 e. The molecule has 1 N–H and O–H groups in total. The van der Waals surface area contributed by atoms with Crippen LogP contribution in [0.25, 0.3) is 0 Å². The molecule has 0 aliphatic carbocycles. The Bertz CT molecular complexity index is 822. The lowest BCUT2D eigenvalue weighted by Crippen LogP contribution is -2.16. The van der Waals surface area contributed by atoms with Crippen LogP contribution in [0.5, 0.6) is 5.75 Å². The molecule has 2 aromatic carbocycles. The number of nitro benzene ring substituents is 1. The van der Waals surface area contributed by atoms with Crippen LogP contribution in [0.4, 0.5) is 24.5 Å². The number of nitro groups is 1. The van der Waals surface area contributed by atoms with Crippen LogP contribution < -0.4 is 10.1 Å². The van der Waals surface area contributed by atoms with Gasteiger partial charge in [-0.1, -0.05) is 12.1 Å². The Labute approximate surface area is 151 Å². The fourth-order valence-electron chi connectivity index (χ4n) is 2.14. The molecule has 0 saturated carbocycles. The highest BCUT2D eigenvalue weighted by atomic mass is 19.4. The van der Waals surface area contributed by atoms with Crippen molar-refractivity contribution in [2.24, 2.45) is 0 Å². The minimum absolute atomic E-state index is 0.120. The number of halogens is 3. The maximum absolute atomic E-state index is 12.3. The van der Waals surface area contributed by atoms with Gasteiger partial charge >= 0.3 is 6.18 Å². The Kier molecular flexibility index (Phi) is 6.35. The number of alkyl halides is 3. The number of benzene rings is 2. The Morgan fingerprint density at radius 2 is 1.85 bits per heavy atom. The number of hydrogen-bond donors (Lipinski definition) is 1. The lowest BCUT2D eigenvalue weighted by molar-refractivity contribution is -0.384. The first-order valence-electron chi connectivity index (χ1n) is 7.57. The van der Waals surface area contributed by atoms with E-state index in [4.69, 9.17) is 4.74 Å². The van der Waals surface area contributed by atoms with Gasteiger partial charge in [0.15, 0.2) is 0 Å². The third-order valence-corrected chi connectivity index (χ3v) is 3.39. The van der Waals surface area contributed by atoms with Crippen molar-refractivity contribution < 1.29 is 32.4 Å². The number of methoxy groups -OCH3 is 1. The van der Waals surface area contributed by atoms with Crippen LogP contribution >= 0.6 is 0 Å². The van der Waals surface area contributed by atoms with E-state index in [0.717, 1.165) is 6.07 Å². The van der Waals surface area contributed by atoms with Gasteiger partial charge in [0.05, 0.1) is 24.3 Å². The molecule has 10 heteroatoms. The second-order valence-corrected chi connectivity index (χ2v) is 5.40. The number of non-ortho nitro benzene ring substituents is 1. The number of carbonyl (C=O) groups is 1. The van der Waals surface area contributed by atoms with E-state index in [1.54, 1.807) is 0 Å². The molecule has 0 unspecified atom stereocenters. The van der Waals surface area contributed by atoms with Crippen LogP contribution in [0.1, 0.15) is 15.9 Å². The zero-order chi connectivity index (χ0) is 20.0. The number of hydrogen-bond acceptors (Lipinski definition) is 5. The predicted octanol–water partition coefficient (Wildman–Crippen LogP) is 3.93. The molecule has 0 aliphatic heterocycles. The van der Waals surface area contributed by atoms with Crippen molar-refractivity contribution in [3.05, 3.63) is 63.7 Å². The van der Waals surface area contributed by atoms with Crippen molar-refractivity contribution in [3.8, 4) is 5.75 Å². The van der Waals surface area contributed by atoms with Gasteiger partial charge in [-0.15, -0.1) is 0 Å². The highest BCUT2D eigenvalue weighted by Crippen LogP contribution is 2.29. The summed E-state index contributed by atoms with van der Waals surface area (Å²) in [6, 6.07) is 9.48. The summed E-state index contributed by atoms with van der Waals surface area (Å²) in [7, 11) is 1.35. The van der Waals surface area contributed by atoms with E-state index in [0.29, 0.717) is 5.56 Å². The van der Waals surface area contributed by atoms with E-state index in [-0.39, 0.29) is 29.3 Å². The summed E-state index contributed by atoms with van der Waals surface area (Å²) in [5.41, 5.74) is 0.574. The van der Waals surface area contributed by atoms with Gasteiger partial charge < -0.3 is 14.8 Å². The summed E-state index contributed by atoms with van der Waals surface area (Å²) < 4.78 is 45.7. The Hall–Kier alpha value is -3.14. The van der Waals surface area contributed by atoms with Gasteiger partial charge in [0.2, 0.25) is 0 Å². The summed E-state index contributed by atoms with van der Waals surface area (Å²) in [6.07, 6.45) is -4.41. The molecule has 0 atom stereocenters. The number of carbonyl (C=O) groups excluding carboxylic acids is 1. The summed E-state index contributed by atoms with van der Waals surface area (Å²) >= 11 is 0. The van der Waals surface area contributed by atoms with Gasteiger partial charge in [0, 0.05) is 17.7 Å². The molecule has 0 aliphatic rings. The monoisotopic (exact) mass is 384 g/mol. The highest BCUT2D eigenvalue weighted by molar-refractivity contribution is 6.05. The van der Waals surface area contributed by atoms with Gasteiger partial charge in [-0.25, -0.2) is 0 Å². The molecular weight excluding hydrogens is 369 g/mol. The molecule has 2 rings (SSSR count). The van der Waals surface area contributed by atoms with E-state index < -0.39 is 23.6 Å². The van der Waals surface area contributed by atoms with E-state index in [1.165, 1.54) is 43.5 Å². The van der Waals surface area contributed by atoms with E-state index in [2.05, 4.69) is 10.1 Å². The SMILES string of the molecule is COc1ccc([N+](=O)[O-])cc1NC(=O)c1ccc(COCC(F)(F)F)cc1. The highest BCUT2D eigenvalue weighted by Gasteiger charge is 2.27. The molecule has 0 aromatic heterocycles. The van der Waals surface area contributed by atoms with Crippen LogP contribution in [0, 0.1) is 10.1 Å². The lowest BCUT2D eigenvalue weighted by Gasteiger charge is -2.11. The predicted molar refractivity (Wildman–Crippen MR) is 89.8 cm³/mol. The standard InChI is InChI=1S/C17H15F3N2O5/c1-26-15-7-6-13(22(24)25)8-14(15)21-16(23)12-4-2-11(3-5-12)9-27-10-17(18,19)20/h2-8H,9-10H2,1H3,(H,21,23). The van der Waals surface area contributed by atoms with Crippen molar-refractivity contribution in [1.82, 2.24) is 0 Å². The molecule has 27 heavy (non-hydrogen) atoms. The average Bonchev–Trinajstić information content (AvgIpc) is 2.61. The van der Waals surface area contributed by atoms with Crippen LogP contribution in [0.2, 0.25) is 0 Å². The molecule has 1 amide bonds. The van der Waals surface area contributed by atoms with Gasteiger partial charge in [-0.05, 0) is 23.8 Å². The number of amides is 1. The van der Waals surface area contributed by atoms with Crippen molar-refractivity contribution in [3.63, 3.8) is 0 Å². The molecule has 2 aromatic rings. The fourth-order valence-corrected chi connectivity index (χ4v) is 2.14. The second kappa shape index (κ2) is 8.49. The molecule has 0 fully saturated rings. The molecule has 0 saturated heterocycles. The number of nitrogens with one attached hydrogen (secondary N) is 1. The van der Waals surface area contributed by atoms with Crippen molar-refractivity contribution >= 4 is 17.3 Å². The molecular formula is C17H15F3N2O5. The van der Waals surface area contributed by atoms with Crippen molar-refractivity contribution in [2.75, 3.05) is 19.0 Å². The van der Waals surface area contributed by atoms with Crippen molar-refractivity contribution in [1.29, 1.82) is 0 Å². The van der Waals surface area contributed by atoms with Crippen LogP contribution in [-0.4, -0.2) is 30.7 Å². The summed E-state index contributed by atoms with van der Waals surface area (Å²) in [6.45, 7) is -1.61. The van der Waals surface area contributed by atoms with Gasteiger partial charge in [-0.2, -0.15) is 13.2 Å². The number of nitrogens with zero attached hydrogens (tertiary/aromatic N) is 1. The Morgan fingerprint density at radius 1 is 1.19 bits per heavy atom. The number of ether oxygens (including phenoxy) is 2. The molecule has 0 spiro atoms. The van der Waals surface area contributed by atoms with E-state index in [1.807, 2.05) is 0 Å². The zero-order valence-electron chi connectivity index (χ0n) is 14.1. The van der Waals surface area contributed by atoms with Crippen LogP contribution in [-0.2, 0) is 11.3 Å². The molecule has 0 bridgehead atoms. The van der Waals surface area contributed by atoms with E-state index >= 15 is 0 Å². The van der Waals surface area contributed by atoms with Gasteiger partial charge in [-0.3, -0.25) is 14.9 Å². The quantitative estimate of drug-likeness (QED) is 0.577. The minimum Gasteiger partial charge on any atom is -0.495 e. The first-order valence-corrected chi connectivity index (χ1v) is 7.57. The van der Waals surface area contributed by atoms with Gasteiger partial charge in [0.1, 0.15) is 12.4 Å². The minimum atomic E-state index is -4.41. The third-order valence-electron chi connectivity index (χ3n) is 3.39. The Morgan fingerprint density at radius 3 is 2.41 bits per heavy atom. The summed E-state index contributed by atoms with van der Waals surface area (Å²) in [5, 5.41) is 13.4. The molecule has 0 radical (unpaired) electrons. The fraction of sp³-hybridized carbons (Fsp3) is 0.235. The van der Waals surface area contributed by atoms with Crippen LogP contribution in [0.15, 0.2) is 42.5 Å². The van der Waals surface area contributed by atoms with Crippen LogP contribution in [0.3, 0.4) is 0 Å².